The average Bonchev–Trinajstić information content (AvgIpc) is 2.34. The van der Waals surface area contributed by atoms with Crippen LogP contribution in [0.5, 0.6) is 0 Å². The van der Waals surface area contributed by atoms with Gasteiger partial charge < -0.3 is 0 Å². The average molecular weight is 138 g/mol. The zero-order valence-corrected chi connectivity index (χ0v) is 6.37. The maximum atomic E-state index is 3.69. The van der Waals surface area contributed by atoms with Crippen LogP contribution in [0.4, 0.5) is 0 Å². The summed E-state index contributed by atoms with van der Waals surface area (Å²) in [4.78, 5) is 2.71. The zero-order chi connectivity index (χ0) is 6.69. The van der Waals surface area contributed by atoms with Crippen LogP contribution in [-0.4, -0.2) is 0 Å². The molecule has 0 saturated carbocycles. The van der Waals surface area contributed by atoms with Gasteiger partial charge in [-0.2, -0.15) is 0 Å². The third-order valence-corrected chi connectivity index (χ3v) is 2.46. The van der Waals surface area contributed by atoms with Gasteiger partial charge in [-0.15, -0.1) is 11.3 Å². The number of hydrogen-bond acceptors (Lipinski definition) is 1. The lowest BCUT2D eigenvalue weighted by Gasteiger charge is -1.81. The van der Waals surface area contributed by atoms with Gasteiger partial charge in [-0.25, -0.2) is 0 Å². The first kappa shape index (κ1) is 6.56. The molecule has 0 aliphatic carbocycles. The van der Waals surface area contributed by atoms with Crippen LogP contribution in [0, 0.1) is 0 Å². The summed E-state index contributed by atoms with van der Waals surface area (Å²) < 4.78 is 0. The second kappa shape index (κ2) is 2.83. The molecule has 0 N–H and O–H groups in total. The van der Waals surface area contributed by atoms with Crippen LogP contribution in [0.3, 0.4) is 0 Å². The maximum Gasteiger partial charge on any atom is 0.0267 e. The van der Waals surface area contributed by atoms with Crippen LogP contribution in [0.15, 0.2) is 18.7 Å². The summed E-state index contributed by atoms with van der Waals surface area (Å²) in [6.45, 7) is 5.85. The molecule has 0 nitrogen and oxygen atoms in total. The van der Waals surface area contributed by atoms with Crippen LogP contribution in [0.25, 0.3) is 6.08 Å². The van der Waals surface area contributed by atoms with Crippen molar-refractivity contribution in [3.8, 4) is 0 Å². The van der Waals surface area contributed by atoms with Crippen molar-refractivity contribution in [1.29, 1.82) is 0 Å². The second-order valence-corrected chi connectivity index (χ2v) is 3.06. The summed E-state index contributed by atoms with van der Waals surface area (Å²) >= 11 is 1.81. The Hall–Kier alpha value is -0.560. The molecular weight excluding hydrogens is 128 g/mol. The van der Waals surface area contributed by atoms with Crippen LogP contribution in [0.2, 0.25) is 0 Å². The summed E-state index contributed by atoms with van der Waals surface area (Å²) in [7, 11) is 0. The standard InChI is InChI=1S/C8H10S/c1-3-7-5-6-8(4-2)9-7/h3,5-6H,1,4H2,2H3. The van der Waals surface area contributed by atoms with E-state index in [0.29, 0.717) is 0 Å². The summed E-state index contributed by atoms with van der Waals surface area (Å²) in [5, 5.41) is 0. The van der Waals surface area contributed by atoms with Crippen molar-refractivity contribution in [2.45, 2.75) is 13.3 Å². The lowest BCUT2D eigenvalue weighted by molar-refractivity contribution is 1.19. The van der Waals surface area contributed by atoms with Crippen LogP contribution in [-0.2, 0) is 6.42 Å². The molecule has 9 heavy (non-hydrogen) atoms. The molecule has 0 amide bonds. The van der Waals surface area contributed by atoms with Crippen molar-refractivity contribution in [2.24, 2.45) is 0 Å². The molecule has 0 aromatic carbocycles. The molecule has 48 valence electrons. The predicted octanol–water partition coefficient (Wildman–Crippen LogP) is 2.95. The van der Waals surface area contributed by atoms with Gasteiger partial charge in [0.2, 0.25) is 0 Å². The van der Waals surface area contributed by atoms with Crippen LogP contribution in [0.1, 0.15) is 16.7 Å². The van der Waals surface area contributed by atoms with E-state index in [1.54, 1.807) is 0 Å². The van der Waals surface area contributed by atoms with Crippen molar-refractivity contribution < 1.29 is 0 Å². The largest absolute Gasteiger partial charge is 0.141 e. The topological polar surface area (TPSA) is 0 Å². The van der Waals surface area contributed by atoms with E-state index in [0.717, 1.165) is 6.42 Å². The van der Waals surface area contributed by atoms with E-state index >= 15 is 0 Å². The second-order valence-electron chi connectivity index (χ2n) is 1.86. The Morgan fingerprint density at radius 1 is 1.67 bits per heavy atom. The Kier molecular flexibility index (Phi) is 2.06. The first-order valence-corrected chi connectivity index (χ1v) is 3.89. The molecule has 0 fully saturated rings. The van der Waals surface area contributed by atoms with E-state index < -0.39 is 0 Å². The van der Waals surface area contributed by atoms with Gasteiger partial charge in [-0.05, 0) is 18.6 Å². The molecule has 0 spiro atoms. The monoisotopic (exact) mass is 138 g/mol. The highest BCUT2D eigenvalue weighted by molar-refractivity contribution is 7.12. The van der Waals surface area contributed by atoms with E-state index in [9.17, 15) is 0 Å². The fourth-order valence-corrected chi connectivity index (χ4v) is 1.50. The number of rotatable bonds is 2. The highest BCUT2D eigenvalue weighted by Gasteiger charge is 1.91. The molecule has 0 atom stereocenters. The minimum atomic E-state index is 1.14. The molecular formula is C8H10S. The van der Waals surface area contributed by atoms with Gasteiger partial charge in [0.05, 0.1) is 0 Å². The predicted molar refractivity (Wildman–Crippen MR) is 43.8 cm³/mol. The minimum absolute atomic E-state index is 1.14. The summed E-state index contributed by atoms with van der Waals surface area (Å²) in [6, 6.07) is 4.26. The summed E-state index contributed by atoms with van der Waals surface area (Å²) in [6.07, 6.45) is 3.03. The van der Waals surface area contributed by atoms with E-state index in [-0.39, 0.29) is 0 Å². The highest BCUT2D eigenvalue weighted by Crippen LogP contribution is 2.17. The molecule has 1 rings (SSSR count). The van der Waals surface area contributed by atoms with E-state index in [4.69, 9.17) is 0 Å². The molecule has 0 radical (unpaired) electrons. The molecule has 0 aliphatic rings. The zero-order valence-electron chi connectivity index (χ0n) is 5.55. The summed E-state index contributed by atoms with van der Waals surface area (Å²) in [5.74, 6) is 0. The molecule has 1 heteroatoms. The smallest absolute Gasteiger partial charge is 0.0267 e. The molecule has 1 aromatic rings. The number of aryl methyl sites for hydroxylation is 1. The summed E-state index contributed by atoms with van der Waals surface area (Å²) in [5.41, 5.74) is 0. The molecule has 0 bridgehead atoms. The fraction of sp³-hybridized carbons (Fsp3) is 0.250. The molecule has 0 unspecified atom stereocenters. The minimum Gasteiger partial charge on any atom is -0.141 e. The van der Waals surface area contributed by atoms with Crippen molar-refractivity contribution in [2.75, 3.05) is 0 Å². The van der Waals surface area contributed by atoms with Gasteiger partial charge >= 0.3 is 0 Å². The molecule has 1 aromatic heterocycles. The van der Waals surface area contributed by atoms with E-state index in [1.807, 2.05) is 17.4 Å². The van der Waals surface area contributed by atoms with E-state index in [1.165, 1.54) is 9.75 Å². The van der Waals surface area contributed by atoms with Crippen molar-refractivity contribution >= 4 is 17.4 Å². The Labute approximate surface area is 59.8 Å². The molecule has 0 saturated heterocycles. The van der Waals surface area contributed by atoms with Crippen molar-refractivity contribution in [3.63, 3.8) is 0 Å². The third kappa shape index (κ3) is 1.42. The molecule has 1 heterocycles. The van der Waals surface area contributed by atoms with E-state index in [2.05, 4.69) is 25.6 Å². The van der Waals surface area contributed by atoms with Crippen molar-refractivity contribution in [3.05, 3.63) is 28.5 Å². The lowest BCUT2D eigenvalue weighted by Crippen LogP contribution is -1.63. The SMILES string of the molecule is C=Cc1ccc(CC)s1. The highest BCUT2D eigenvalue weighted by atomic mass is 32.1. The van der Waals surface area contributed by atoms with Crippen LogP contribution >= 0.6 is 11.3 Å². The Morgan fingerprint density at radius 3 is 2.78 bits per heavy atom. The van der Waals surface area contributed by atoms with Gasteiger partial charge in [0.1, 0.15) is 0 Å². The van der Waals surface area contributed by atoms with Crippen LogP contribution < -0.4 is 0 Å². The van der Waals surface area contributed by atoms with Gasteiger partial charge in [-0.1, -0.05) is 19.6 Å². The van der Waals surface area contributed by atoms with Gasteiger partial charge in [-0.3, -0.25) is 0 Å². The van der Waals surface area contributed by atoms with Crippen molar-refractivity contribution in [1.82, 2.24) is 0 Å². The number of thiophene rings is 1. The Bertz CT molecular complexity index is 198. The first-order valence-electron chi connectivity index (χ1n) is 3.08. The lowest BCUT2D eigenvalue weighted by atomic mass is 10.4. The first-order chi connectivity index (χ1) is 4.36. The Balaban J connectivity index is 2.86. The third-order valence-electron chi connectivity index (χ3n) is 1.23. The van der Waals surface area contributed by atoms with Gasteiger partial charge in [0.15, 0.2) is 0 Å². The fourth-order valence-electron chi connectivity index (χ4n) is 0.694. The molecule has 0 aliphatic heterocycles. The normalized spacial score (nSPS) is 9.44. The maximum absolute atomic E-state index is 3.69. The van der Waals surface area contributed by atoms with Gasteiger partial charge in [0, 0.05) is 9.75 Å². The quantitative estimate of drug-likeness (QED) is 0.589. The van der Waals surface area contributed by atoms with Gasteiger partial charge in [0.25, 0.3) is 0 Å². The number of hydrogen-bond donors (Lipinski definition) is 0. The Morgan fingerprint density at radius 2 is 2.44 bits per heavy atom.